The number of halogens is 4. The summed E-state index contributed by atoms with van der Waals surface area (Å²) in [6.07, 6.45) is -1.37. The van der Waals surface area contributed by atoms with E-state index in [2.05, 4.69) is 10.1 Å². The number of hydrogen-bond donors (Lipinski definition) is 0. The average molecular weight is 556 g/mol. The second-order valence-corrected chi connectivity index (χ2v) is 12.2. The van der Waals surface area contributed by atoms with Gasteiger partial charge in [-0.3, -0.25) is 4.79 Å². The molecule has 13 heteroatoms. The van der Waals surface area contributed by atoms with Gasteiger partial charge in [0.1, 0.15) is 0 Å². The molecular weight excluding hydrogens is 531 g/mol. The van der Waals surface area contributed by atoms with Crippen molar-refractivity contribution < 1.29 is 26.4 Å². The highest BCUT2D eigenvalue weighted by molar-refractivity contribution is 7.91. The smallest absolute Gasteiger partial charge is 0.339 e. The van der Waals surface area contributed by atoms with Crippen LogP contribution >= 0.6 is 11.6 Å². The Morgan fingerprint density at radius 3 is 2.65 bits per heavy atom. The standard InChI is InChI=1S/C24H25ClF3N5O3S/c1-31(22(34)11-15-8-10-37(35,36)14-15)23(24(26,27)28)16-4-6-17(7-5-16)32-9-2-3-18-19(32)13-29-21-12-20(25)30-33(18)21/h4-7,12-13,15,23H,2-3,8-11,14H2,1H3/t15-,23-/m0/s1. The van der Waals surface area contributed by atoms with E-state index in [1.54, 1.807) is 28.9 Å². The molecule has 1 saturated heterocycles. The molecule has 3 aromatic rings. The lowest BCUT2D eigenvalue weighted by atomic mass is 10.0. The molecule has 2 aliphatic rings. The first-order chi connectivity index (χ1) is 17.4. The van der Waals surface area contributed by atoms with Gasteiger partial charge in [-0.05, 0) is 42.9 Å². The van der Waals surface area contributed by atoms with E-state index in [0.29, 0.717) is 27.9 Å². The van der Waals surface area contributed by atoms with Crippen molar-refractivity contribution in [3.8, 4) is 0 Å². The van der Waals surface area contributed by atoms with E-state index in [0.717, 1.165) is 31.3 Å². The molecule has 0 radical (unpaired) electrons. The van der Waals surface area contributed by atoms with Crippen molar-refractivity contribution in [2.45, 2.75) is 37.9 Å². The second kappa shape index (κ2) is 9.46. The van der Waals surface area contributed by atoms with E-state index >= 15 is 0 Å². The molecule has 0 bridgehead atoms. The van der Waals surface area contributed by atoms with Crippen LogP contribution in [0.2, 0.25) is 5.15 Å². The molecule has 1 aromatic carbocycles. The lowest BCUT2D eigenvalue weighted by Gasteiger charge is -2.33. The van der Waals surface area contributed by atoms with Crippen molar-refractivity contribution in [3.63, 3.8) is 0 Å². The third kappa shape index (κ3) is 5.13. The summed E-state index contributed by atoms with van der Waals surface area (Å²) < 4.78 is 67.4. The lowest BCUT2D eigenvalue weighted by molar-refractivity contribution is -0.189. The monoisotopic (exact) mass is 555 g/mol. The summed E-state index contributed by atoms with van der Waals surface area (Å²) in [5, 5.41) is 4.62. The summed E-state index contributed by atoms with van der Waals surface area (Å²) in [7, 11) is -2.11. The Morgan fingerprint density at radius 1 is 1.27 bits per heavy atom. The van der Waals surface area contributed by atoms with E-state index in [4.69, 9.17) is 11.6 Å². The van der Waals surface area contributed by atoms with Gasteiger partial charge in [-0.2, -0.15) is 18.3 Å². The van der Waals surface area contributed by atoms with Gasteiger partial charge in [-0.15, -0.1) is 0 Å². The molecule has 0 spiro atoms. The van der Waals surface area contributed by atoms with Gasteiger partial charge in [0.15, 0.2) is 26.7 Å². The van der Waals surface area contributed by atoms with Crippen LogP contribution in [0.1, 0.15) is 36.6 Å². The van der Waals surface area contributed by atoms with Crippen LogP contribution in [-0.2, 0) is 21.1 Å². The fourth-order valence-corrected chi connectivity index (χ4v) is 7.27. The van der Waals surface area contributed by atoms with Crippen LogP contribution in [0.4, 0.5) is 24.5 Å². The summed E-state index contributed by atoms with van der Waals surface area (Å²) in [6, 6.07) is 5.48. The summed E-state index contributed by atoms with van der Waals surface area (Å²) >= 11 is 6.04. The van der Waals surface area contributed by atoms with E-state index in [9.17, 15) is 26.4 Å². The number of hydrogen-bond acceptors (Lipinski definition) is 6. The number of sulfone groups is 1. The fraction of sp³-hybridized carbons (Fsp3) is 0.458. The highest BCUT2D eigenvalue weighted by Gasteiger charge is 2.45. The summed E-state index contributed by atoms with van der Waals surface area (Å²) in [4.78, 5) is 19.8. The molecule has 2 aromatic heterocycles. The maximum absolute atomic E-state index is 14.1. The number of aromatic nitrogens is 3. The molecule has 4 heterocycles. The number of fused-ring (bicyclic) bond motifs is 3. The number of carbonyl (C=O) groups is 1. The zero-order chi connectivity index (χ0) is 26.5. The predicted molar refractivity (Wildman–Crippen MR) is 133 cm³/mol. The lowest BCUT2D eigenvalue weighted by Crippen LogP contribution is -2.40. The first kappa shape index (κ1) is 25.8. The minimum absolute atomic E-state index is 0.0348. The molecule has 0 N–H and O–H groups in total. The summed E-state index contributed by atoms with van der Waals surface area (Å²) in [5.74, 6) is -1.39. The van der Waals surface area contributed by atoms with Gasteiger partial charge in [0, 0.05) is 31.8 Å². The number of benzene rings is 1. The molecule has 1 amide bonds. The number of alkyl halides is 3. The molecule has 0 aliphatic carbocycles. The van der Waals surface area contributed by atoms with Crippen molar-refractivity contribution in [1.82, 2.24) is 19.5 Å². The van der Waals surface area contributed by atoms with Crippen LogP contribution in [0.25, 0.3) is 5.65 Å². The third-order valence-electron chi connectivity index (χ3n) is 7.02. The maximum atomic E-state index is 14.1. The van der Waals surface area contributed by atoms with E-state index in [1.807, 2.05) is 4.90 Å². The molecule has 8 nitrogen and oxygen atoms in total. The highest BCUT2D eigenvalue weighted by Crippen LogP contribution is 2.40. The number of anilines is 2. The maximum Gasteiger partial charge on any atom is 0.413 e. The number of rotatable bonds is 5. The molecule has 37 heavy (non-hydrogen) atoms. The molecule has 0 saturated carbocycles. The SMILES string of the molecule is CN(C(=O)C[C@@H]1CCS(=O)(=O)C1)[C@@H](c1ccc(N2CCCc3c2cnc2cc(Cl)nn32)cc1)C(F)(F)F. The molecule has 2 aliphatic heterocycles. The molecular formula is C24H25ClF3N5O3S. The van der Waals surface area contributed by atoms with Crippen LogP contribution < -0.4 is 4.90 Å². The summed E-state index contributed by atoms with van der Waals surface area (Å²) in [5.41, 5.74) is 2.96. The normalized spacial score (nSPS) is 20.1. The van der Waals surface area contributed by atoms with E-state index < -0.39 is 33.9 Å². The van der Waals surface area contributed by atoms with Gasteiger partial charge in [0.25, 0.3) is 0 Å². The number of aryl methyl sites for hydroxylation is 1. The van der Waals surface area contributed by atoms with Gasteiger partial charge >= 0.3 is 6.18 Å². The molecule has 2 atom stereocenters. The van der Waals surface area contributed by atoms with Crippen molar-refractivity contribution >= 4 is 44.4 Å². The summed E-state index contributed by atoms with van der Waals surface area (Å²) in [6.45, 7) is 0.653. The average Bonchev–Trinajstić information content (AvgIpc) is 3.38. The Labute approximate surface area is 216 Å². The zero-order valence-electron chi connectivity index (χ0n) is 19.9. The topological polar surface area (TPSA) is 87.9 Å². The predicted octanol–water partition coefficient (Wildman–Crippen LogP) is 4.35. The van der Waals surface area contributed by atoms with Gasteiger partial charge in [-0.1, -0.05) is 23.7 Å². The number of carbonyl (C=O) groups excluding carboxylic acids is 1. The molecule has 0 unspecified atom stereocenters. The minimum Gasteiger partial charge on any atom is -0.339 e. The molecule has 198 valence electrons. The first-order valence-corrected chi connectivity index (χ1v) is 14.1. The van der Waals surface area contributed by atoms with Gasteiger partial charge in [0.2, 0.25) is 5.91 Å². The van der Waals surface area contributed by atoms with Crippen molar-refractivity contribution in [1.29, 1.82) is 0 Å². The van der Waals surface area contributed by atoms with Crippen molar-refractivity contribution in [3.05, 3.63) is 52.9 Å². The van der Waals surface area contributed by atoms with Gasteiger partial charge < -0.3 is 9.80 Å². The van der Waals surface area contributed by atoms with Crippen LogP contribution in [0.15, 0.2) is 36.5 Å². The van der Waals surface area contributed by atoms with Crippen molar-refractivity contribution in [2.24, 2.45) is 5.92 Å². The Kier molecular flexibility index (Phi) is 6.59. The van der Waals surface area contributed by atoms with Gasteiger partial charge in [-0.25, -0.2) is 17.9 Å². The van der Waals surface area contributed by atoms with Crippen LogP contribution in [-0.4, -0.2) is 65.1 Å². The van der Waals surface area contributed by atoms with Crippen LogP contribution in [0.3, 0.4) is 0 Å². The quantitative estimate of drug-likeness (QED) is 0.465. The Morgan fingerprint density at radius 2 is 2.00 bits per heavy atom. The second-order valence-electron chi connectivity index (χ2n) is 9.60. The van der Waals surface area contributed by atoms with E-state index in [1.165, 1.54) is 12.1 Å². The van der Waals surface area contributed by atoms with Crippen molar-refractivity contribution in [2.75, 3.05) is 30.0 Å². The fourth-order valence-electron chi connectivity index (χ4n) is 5.23. The Balaban J connectivity index is 1.39. The Bertz CT molecular complexity index is 1440. The molecule has 5 rings (SSSR count). The largest absolute Gasteiger partial charge is 0.413 e. The third-order valence-corrected chi connectivity index (χ3v) is 9.04. The number of nitrogens with zero attached hydrogens (tertiary/aromatic N) is 5. The first-order valence-electron chi connectivity index (χ1n) is 11.9. The minimum atomic E-state index is -4.71. The number of amides is 1. The Hall–Kier alpha value is -2.86. The van der Waals surface area contributed by atoms with E-state index in [-0.39, 0.29) is 29.9 Å². The van der Waals surface area contributed by atoms with Crippen LogP contribution in [0, 0.1) is 5.92 Å². The zero-order valence-corrected chi connectivity index (χ0v) is 21.5. The van der Waals surface area contributed by atoms with Gasteiger partial charge in [0.05, 0.1) is 29.1 Å². The highest BCUT2D eigenvalue weighted by atomic mass is 35.5. The van der Waals surface area contributed by atoms with Crippen LogP contribution in [0.5, 0.6) is 0 Å². The molecule has 1 fully saturated rings.